The van der Waals surface area contributed by atoms with Crippen molar-refractivity contribution in [3.8, 4) is 0 Å². The lowest BCUT2D eigenvalue weighted by Gasteiger charge is -2.17. The molecule has 2 rings (SSSR count). The summed E-state index contributed by atoms with van der Waals surface area (Å²) in [6.07, 6.45) is 3.85. The number of aryl methyl sites for hydroxylation is 1. The molecule has 84 valence electrons. The Kier molecular flexibility index (Phi) is 4.00. The second-order valence-corrected chi connectivity index (χ2v) is 5.47. The van der Waals surface area contributed by atoms with E-state index in [1.807, 2.05) is 6.92 Å². The molecule has 0 aromatic carbocycles. The molecular weight excluding hydrogens is 228 g/mol. The molecule has 0 amide bonds. The van der Waals surface area contributed by atoms with Crippen LogP contribution in [-0.2, 0) is 6.54 Å². The van der Waals surface area contributed by atoms with Crippen LogP contribution in [0.1, 0.15) is 30.0 Å². The van der Waals surface area contributed by atoms with Gasteiger partial charge in [-0.2, -0.15) is 0 Å². The van der Waals surface area contributed by atoms with Gasteiger partial charge in [-0.25, -0.2) is 4.98 Å². The predicted octanol–water partition coefficient (Wildman–Crippen LogP) is 2.95. The molecule has 1 heterocycles. The summed E-state index contributed by atoms with van der Waals surface area (Å²) >= 11 is 7.67. The molecule has 0 bridgehead atoms. The summed E-state index contributed by atoms with van der Waals surface area (Å²) in [6, 6.07) is 0.603. The second kappa shape index (κ2) is 5.28. The highest BCUT2D eigenvalue weighted by Gasteiger charge is 2.25. The first kappa shape index (κ1) is 11.4. The van der Waals surface area contributed by atoms with Gasteiger partial charge in [0.1, 0.15) is 5.01 Å². The third-order valence-electron chi connectivity index (χ3n) is 3.04. The predicted molar refractivity (Wildman–Crippen MR) is 65.5 cm³/mol. The summed E-state index contributed by atoms with van der Waals surface area (Å²) in [7, 11) is 0. The van der Waals surface area contributed by atoms with Crippen LogP contribution in [0.4, 0.5) is 0 Å². The normalized spacial score (nSPS) is 26.0. The summed E-state index contributed by atoms with van der Waals surface area (Å²) in [5.74, 6) is 1.45. The molecule has 1 saturated carbocycles. The molecule has 1 fully saturated rings. The lowest BCUT2D eigenvalue weighted by atomic mass is 10.1. The highest BCUT2D eigenvalue weighted by Crippen LogP contribution is 2.26. The molecule has 2 nitrogen and oxygen atoms in total. The van der Waals surface area contributed by atoms with Crippen LogP contribution in [0.5, 0.6) is 0 Å². The average molecular weight is 245 g/mol. The first-order chi connectivity index (χ1) is 7.29. The third kappa shape index (κ3) is 2.92. The molecule has 0 radical (unpaired) electrons. The number of rotatable bonds is 4. The number of halogens is 1. The highest BCUT2D eigenvalue weighted by atomic mass is 35.5. The van der Waals surface area contributed by atoms with Crippen LogP contribution in [-0.4, -0.2) is 16.9 Å². The highest BCUT2D eigenvalue weighted by molar-refractivity contribution is 7.09. The van der Waals surface area contributed by atoms with Crippen LogP contribution in [0, 0.1) is 12.8 Å². The van der Waals surface area contributed by atoms with Crippen LogP contribution < -0.4 is 5.32 Å². The number of nitrogens with zero attached hydrogens (tertiary/aromatic N) is 1. The quantitative estimate of drug-likeness (QED) is 0.824. The molecule has 0 spiro atoms. The van der Waals surface area contributed by atoms with E-state index in [0.29, 0.717) is 12.0 Å². The number of thiazole rings is 1. The lowest BCUT2D eigenvalue weighted by Crippen LogP contribution is -2.32. The maximum absolute atomic E-state index is 5.94. The van der Waals surface area contributed by atoms with Gasteiger partial charge in [0.2, 0.25) is 0 Å². The molecule has 1 aromatic rings. The molecule has 0 saturated heterocycles. The summed E-state index contributed by atoms with van der Waals surface area (Å²) in [5.41, 5.74) is 1.12. The van der Waals surface area contributed by atoms with Gasteiger partial charge < -0.3 is 5.32 Å². The molecule has 0 aliphatic heterocycles. The first-order valence-corrected chi connectivity index (χ1v) is 6.91. The van der Waals surface area contributed by atoms with Crippen molar-refractivity contribution >= 4 is 22.9 Å². The Morgan fingerprint density at radius 1 is 1.60 bits per heavy atom. The second-order valence-electron chi connectivity index (χ2n) is 4.22. The molecule has 1 N–H and O–H groups in total. The standard InChI is InChI=1S/C11H17ClN2S/c1-8-7-15-11(14-8)6-13-10-4-2-3-9(10)5-12/h7,9-10,13H,2-6H2,1H3. The van der Waals surface area contributed by atoms with Crippen molar-refractivity contribution < 1.29 is 0 Å². The minimum Gasteiger partial charge on any atom is -0.307 e. The van der Waals surface area contributed by atoms with Crippen molar-refractivity contribution in [1.29, 1.82) is 0 Å². The van der Waals surface area contributed by atoms with E-state index in [-0.39, 0.29) is 0 Å². The van der Waals surface area contributed by atoms with Crippen LogP contribution >= 0.6 is 22.9 Å². The Balaban J connectivity index is 1.82. The van der Waals surface area contributed by atoms with Gasteiger partial charge in [-0.05, 0) is 25.7 Å². The van der Waals surface area contributed by atoms with Gasteiger partial charge in [0, 0.05) is 29.5 Å². The molecule has 15 heavy (non-hydrogen) atoms. The SMILES string of the molecule is Cc1csc(CNC2CCCC2CCl)n1. The molecule has 2 atom stereocenters. The zero-order valence-electron chi connectivity index (χ0n) is 9.00. The maximum atomic E-state index is 5.94. The minimum absolute atomic E-state index is 0.603. The smallest absolute Gasteiger partial charge is 0.107 e. The van der Waals surface area contributed by atoms with Crippen molar-refractivity contribution in [1.82, 2.24) is 10.3 Å². The minimum atomic E-state index is 0.603. The van der Waals surface area contributed by atoms with E-state index in [9.17, 15) is 0 Å². The van der Waals surface area contributed by atoms with Gasteiger partial charge in [0.25, 0.3) is 0 Å². The lowest BCUT2D eigenvalue weighted by molar-refractivity contribution is 0.429. The first-order valence-electron chi connectivity index (χ1n) is 5.50. The number of hydrogen-bond acceptors (Lipinski definition) is 3. The van der Waals surface area contributed by atoms with E-state index >= 15 is 0 Å². The summed E-state index contributed by atoms with van der Waals surface area (Å²) in [4.78, 5) is 4.45. The molecule has 4 heteroatoms. The fraction of sp³-hybridized carbons (Fsp3) is 0.727. The largest absolute Gasteiger partial charge is 0.307 e. The summed E-state index contributed by atoms with van der Waals surface area (Å²) in [6.45, 7) is 2.94. The van der Waals surface area contributed by atoms with Gasteiger partial charge >= 0.3 is 0 Å². The molecule has 1 aliphatic rings. The van der Waals surface area contributed by atoms with Crippen LogP contribution in [0.25, 0.3) is 0 Å². The maximum Gasteiger partial charge on any atom is 0.107 e. The number of hydrogen-bond donors (Lipinski definition) is 1. The van der Waals surface area contributed by atoms with Gasteiger partial charge in [-0.15, -0.1) is 22.9 Å². The Bertz CT molecular complexity index is 313. The summed E-state index contributed by atoms with van der Waals surface area (Å²) in [5, 5.41) is 6.87. The van der Waals surface area contributed by atoms with Gasteiger partial charge in [0.05, 0.1) is 0 Å². The van der Waals surface area contributed by atoms with Gasteiger partial charge in [-0.1, -0.05) is 6.42 Å². The van der Waals surface area contributed by atoms with E-state index in [0.717, 1.165) is 18.1 Å². The fourth-order valence-corrected chi connectivity index (χ4v) is 3.28. The van der Waals surface area contributed by atoms with Gasteiger partial charge in [0.15, 0.2) is 0 Å². The van der Waals surface area contributed by atoms with Crippen molar-refractivity contribution in [2.24, 2.45) is 5.92 Å². The Morgan fingerprint density at radius 3 is 3.13 bits per heavy atom. The van der Waals surface area contributed by atoms with Crippen molar-refractivity contribution in [2.45, 2.75) is 38.8 Å². The van der Waals surface area contributed by atoms with E-state index < -0.39 is 0 Å². The molecule has 1 aliphatic carbocycles. The summed E-state index contributed by atoms with van der Waals surface area (Å²) < 4.78 is 0. The monoisotopic (exact) mass is 244 g/mol. The third-order valence-corrected chi connectivity index (χ3v) is 4.40. The zero-order valence-corrected chi connectivity index (χ0v) is 10.6. The van der Waals surface area contributed by atoms with Crippen LogP contribution in [0.2, 0.25) is 0 Å². The van der Waals surface area contributed by atoms with E-state index in [1.165, 1.54) is 24.3 Å². The Labute approximate surface area is 100 Å². The van der Waals surface area contributed by atoms with Crippen molar-refractivity contribution in [2.75, 3.05) is 5.88 Å². The molecule has 1 aromatic heterocycles. The fourth-order valence-electron chi connectivity index (χ4n) is 2.19. The van der Waals surface area contributed by atoms with Crippen molar-refractivity contribution in [3.05, 3.63) is 16.1 Å². The molecule has 2 unspecified atom stereocenters. The zero-order chi connectivity index (χ0) is 10.7. The topological polar surface area (TPSA) is 24.9 Å². The van der Waals surface area contributed by atoms with E-state index in [2.05, 4.69) is 15.7 Å². The number of nitrogens with one attached hydrogen (secondary N) is 1. The van der Waals surface area contributed by atoms with Crippen LogP contribution in [0.3, 0.4) is 0 Å². The van der Waals surface area contributed by atoms with Gasteiger partial charge in [-0.3, -0.25) is 0 Å². The van der Waals surface area contributed by atoms with E-state index in [4.69, 9.17) is 11.6 Å². The van der Waals surface area contributed by atoms with Crippen LogP contribution in [0.15, 0.2) is 5.38 Å². The number of aromatic nitrogens is 1. The van der Waals surface area contributed by atoms with E-state index in [1.54, 1.807) is 11.3 Å². The Morgan fingerprint density at radius 2 is 2.47 bits per heavy atom. The Hall–Kier alpha value is -0.120. The average Bonchev–Trinajstić information content (AvgIpc) is 2.83. The van der Waals surface area contributed by atoms with Crippen molar-refractivity contribution in [3.63, 3.8) is 0 Å². The molecular formula is C11H17ClN2S. The number of alkyl halides is 1.